The number of nitrogens with zero attached hydrogens (tertiary/aromatic N) is 1. The van der Waals surface area contributed by atoms with E-state index in [0.29, 0.717) is 6.04 Å². The number of anilines is 1. The Labute approximate surface area is 120 Å². The first kappa shape index (κ1) is 14.6. The molecule has 106 valence electrons. The van der Waals surface area contributed by atoms with Crippen LogP contribution in [0, 0.1) is 0 Å². The highest BCUT2D eigenvalue weighted by Gasteiger charge is 2.21. The van der Waals surface area contributed by atoms with E-state index in [1.54, 1.807) is 0 Å². The summed E-state index contributed by atoms with van der Waals surface area (Å²) in [6, 6.07) is 6.91. The number of benzene rings is 1. The minimum Gasteiger partial charge on any atom is -0.379 e. The molecule has 1 aromatic rings. The number of nitrogens with two attached hydrogens (primary N) is 1. The van der Waals surface area contributed by atoms with Crippen molar-refractivity contribution >= 4 is 17.3 Å². The lowest BCUT2D eigenvalue weighted by Gasteiger charge is -2.26. The van der Waals surface area contributed by atoms with Crippen LogP contribution in [0.15, 0.2) is 18.2 Å². The smallest absolute Gasteiger partial charge is 0.0670 e. The average molecular weight is 283 g/mol. The predicted octanol–water partition coefficient (Wildman–Crippen LogP) is 2.84. The Morgan fingerprint density at radius 1 is 1.53 bits per heavy atom. The molecule has 0 aromatic heterocycles. The quantitative estimate of drug-likeness (QED) is 0.902. The molecule has 1 aliphatic heterocycles. The molecule has 0 saturated carbocycles. The third kappa shape index (κ3) is 3.62. The molecule has 0 radical (unpaired) electrons. The van der Waals surface area contributed by atoms with Crippen LogP contribution in [0.3, 0.4) is 0 Å². The molecule has 0 aliphatic carbocycles. The molecule has 4 heteroatoms. The van der Waals surface area contributed by atoms with Gasteiger partial charge in [-0.2, -0.15) is 0 Å². The van der Waals surface area contributed by atoms with Gasteiger partial charge in [0.05, 0.1) is 12.6 Å². The van der Waals surface area contributed by atoms with Crippen LogP contribution in [0.2, 0.25) is 5.02 Å². The molecule has 3 nitrogen and oxygen atoms in total. The standard InChI is InChI=1S/C15H23ClN2O/c1-3-12(17)8-11-4-5-13(9-15(11)16)18(2)14-6-7-19-10-14/h4-5,9,12,14H,3,6-8,10,17H2,1-2H3. The zero-order valence-electron chi connectivity index (χ0n) is 11.7. The summed E-state index contributed by atoms with van der Waals surface area (Å²) in [5.74, 6) is 0. The fourth-order valence-corrected chi connectivity index (χ4v) is 2.64. The highest BCUT2D eigenvalue weighted by molar-refractivity contribution is 6.31. The van der Waals surface area contributed by atoms with Gasteiger partial charge in [0.1, 0.15) is 0 Å². The monoisotopic (exact) mass is 282 g/mol. The molecule has 2 atom stereocenters. The third-order valence-corrected chi connectivity index (χ3v) is 4.26. The number of hydrogen-bond acceptors (Lipinski definition) is 3. The second kappa shape index (κ2) is 6.60. The molecular weight excluding hydrogens is 260 g/mol. The van der Waals surface area contributed by atoms with E-state index in [2.05, 4.69) is 31.0 Å². The SMILES string of the molecule is CCC(N)Cc1ccc(N(C)C2CCOC2)cc1Cl. The van der Waals surface area contributed by atoms with E-state index in [4.69, 9.17) is 22.1 Å². The molecule has 1 fully saturated rings. The summed E-state index contributed by atoms with van der Waals surface area (Å²) in [5.41, 5.74) is 8.27. The molecule has 1 aliphatic rings. The van der Waals surface area contributed by atoms with Crippen LogP contribution in [0.25, 0.3) is 0 Å². The van der Waals surface area contributed by atoms with E-state index in [9.17, 15) is 0 Å². The molecule has 2 rings (SSSR count). The molecule has 2 unspecified atom stereocenters. The molecule has 0 bridgehead atoms. The van der Waals surface area contributed by atoms with Gasteiger partial charge in [-0.15, -0.1) is 0 Å². The van der Waals surface area contributed by atoms with Gasteiger partial charge in [0, 0.05) is 30.4 Å². The maximum absolute atomic E-state index is 6.37. The van der Waals surface area contributed by atoms with Crippen molar-refractivity contribution in [2.24, 2.45) is 5.73 Å². The van der Waals surface area contributed by atoms with E-state index in [1.807, 2.05) is 6.07 Å². The van der Waals surface area contributed by atoms with E-state index in [-0.39, 0.29) is 6.04 Å². The second-order valence-corrected chi connectivity index (χ2v) is 5.68. The second-order valence-electron chi connectivity index (χ2n) is 5.28. The maximum Gasteiger partial charge on any atom is 0.0670 e. The fourth-order valence-electron chi connectivity index (χ4n) is 2.39. The lowest BCUT2D eigenvalue weighted by molar-refractivity contribution is 0.193. The first-order valence-electron chi connectivity index (χ1n) is 6.96. The van der Waals surface area contributed by atoms with Crippen molar-refractivity contribution in [1.82, 2.24) is 0 Å². The van der Waals surface area contributed by atoms with Gasteiger partial charge in [-0.05, 0) is 37.0 Å². The van der Waals surface area contributed by atoms with Crippen molar-refractivity contribution in [3.05, 3.63) is 28.8 Å². The fraction of sp³-hybridized carbons (Fsp3) is 0.600. The van der Waals surface area contributed by atoms with Gasteiger partial charge in [-0.25, -0.2) is 0 Å². The minimum absolute atomic E-state index is 0.185. The van der Waals surface area contributed by atoms with E-state index in [0.717, 1.165) is 48.7 Å². The lowest BCUT2D eigenvalue weighted by Crippen LogP contribution is -2.31. The van der Waals surface area contributed by atoms with Crippen molar-refractivity contribution in [2.45, 2.75) is 38.3 Å². The Balaban J connectivity index is 2.09. The highest BCUT2D eigenvalue weighted by atomic mass is 35.5. The van der Waals surface area contributed by atoms with Crippen LogP contribution in [-0.4, -0.2) is 32.3 Å². The zero-order chi connectivity index (χ0) is 13.8. The van der Waals surface area contributed by atoms with E-state index in [1.165, 1.54) is 0 Å². The van der Waals surface area contributed by atoms with E-state index < -0.39 is 0 Å². The third-order valence-electron chi connectivity index (χ3n) is 3.90. The van der Waals surface area contributed by atoms with Gasteiger partial charge in [-0.1, -0.05) is 24.6 Å². The number of ether oxygens (including phenoxy) is 1. The molecule has 1 aromatic carbocycles. The largest absolute Gasteiger partial charge is 0.379 e. The van der Waals surface area contributed by atoms with Gasteiger partial charge >= 0.3 is 0 Å². The van der Waals surface area contributed by atoms with Gasteiger partial charge in [0.25, 0.3) is 0 Å². The van der Waals surface area contributed by atoms with Crippen LogP contribution >= 0.6 is 11.6 Å². The summed E-state index contributed by atoms with van der Waals surface area (Å²) in [6.45, 7) is 3.75. The number of hydrogen-bond donors (Lipinski definition) is 1. The van der Waals surface area contributed by atoms with Crippen molar-refractivity contribution in [3.63, 3.8) is 0 Å². The van der Waals surface area contributed by atoms with Crippen molar-refractivity contribution in [3.8, 4) is 0 Å². The van der Waals surface area contributed by atoms with Crippen molar-refractivity contribution < 1.29 is 4.74 Å². The molecule has 1 saturated heterocycles. The zero-order valence-corrected chi connectivity index (χ0v) is 12.5. The molecule has 0 spiro atoms. The minimum atomic E-state index is 0.185. The Morgan fingerprint density at radius 2 is 2.32 bits per heavy atom. The Bertz CT molecular complexity index is 419. The lowest BCUT2D eigenvalue weighted by atomic mass is 10.0. The molecule has 1 heterocycles. The maximum atomic E-state index is 6.37. The average Bonchev–Trinajstić information content (AvgIpc) is 2.94. The summed E-state index contributed by atoms with van der Waals surface area (Å²) in [5, 5.41) is 0.812. The number of rotatable bonds is 5. The first-order chi connectivity index (χ1) is 9.11. The van der Waals surface area contributed by atoms with Crippen LogP contribution in [0.5, 0.6) is 0 Å². The highest BCUT2D eigenvalue weighted by Crippen LogP contribution is 2.27. The van der Waals surface area contributed by atoms with E-state index >= 15 is 0 Å². The van der Waals surface area contributed by atoms with Crippen LogP contribution < -0.4 is 10.6 Å². The van der Waals surface area contributed by atoms with Gasteiger partial charge < -0.3 is 15.4 Å². The first-order valence-corrected chi connectivity index (χ1v) is 7.34. The number of likely N-dealkylation sites (N-methyl/N-ethyl adjacent to an activating group) is 1. The van der Waals surface area contributed by atoms with Crippen molar-refractivity contribution in [1.29, 1.82) is 0 Å². The molecular formula is C15H23ClN2O. The summed E-state index contributed by atoms with van der Waals surface area (Å²) in [6.07, 6.45) is 2.89. The van der Waals surface area contributed by atoms with Crippen molar-refractivity contribution in [2.75, 3.05) is 25.2 Å². The normalized spacial score (nSPS) is 20.5. The summed E-state index contributed by atoms with van der Waals surface area (Å²) < 4.78 is 5.43. The predicted molar refractivity (Wildman–Crippen MR) is 81.0 cm³/mol. The summed E-state index contributed by atoms with van der Waals surface area (Å²) in [4.78, 5) is 2.25. The molecule has 19 heavy (non-hydrogen) atoms. The summed E-state index contributed by atoms with van der Waals surface area (Å²) >= 11 is 6.37. The van der Waals surface area contributed by atoms with Crippen LogP contribution in [0.1, 0.15) is 25.3 Å². The summed E-state index contributed by atoms with van der Waals surface area (Å²) in [7, 11) is 2.10. The topological polar surface area (TPSA) is 38.5 Å². The van der Waals surface area contributed by atoms with Gasteiger partial charge in [-0.3, -0.25) is 0 Å². The molecule has 2 N–H and O–H groups in total. The van der Waals surface area contributed by atoms with Gasteiger partial charge in [0.15, 0.2) is 0 Å². The number of halogens is 1. The van der Waals surface area contributed by atoms with Crippen LogP contribution in [-0.2, 0) is 11.2 Å². The Hall–Kier alpha value is -0.770. The van der Waals surface area contributed by atoms with Crippen LogP contribution in [0.4, 0.5) is 5.69 Å². The Morgan fingerprint density at radius 3 is 2.89 bits per heavy atom. The van der Waals surface area contributed by atoms with Gasteiger partial charge in [0.2, 0.25) is 0 Å². The Kier molecular flexibility index (Phi) is 5.08. The molecule has 0 amide bonds.